The first-order valence-corrected chi connectivity index (χ1v) is 10.7. The molecule has 0 spiro atoms. The first kappa shape index (κ1) is 29.0. The van der Waals surface area contributed by atoms with Gasteiger partial charge in [-0.05, 0) is 5.92 Å². The van der Waals surface area contributed by atoms with E-state index in [1.807, 2.05) is 0 Å². The molecule has 1 rings (SSSR count). The molecular formula is C20H30N6O9. The smallest absolute Gasteiger partial charge is 0.326 e. The monoisotopic (exact) mass is 498 g/mol. The minimum Gasteiger partial charge on any atom is -0.481 e. The Morgan fingerprint density at radius 2 is 1.40 bits per heavy atom. The molecule has 0 aliphatic heterocycles. The van der Waals surface area contributed by atoms with E-state index in [2.05, 4.69) is 25.9 Å². The zero-order valence-electron chi connectivity index (χ0n) is 19.2. The number of H-pyrrole nitrogens is 1. The Morgan fingerprint density at radius 3 is 1.80 bits per heavy atom. The van der Waals surface area contributed by atoms with Crippen LogP contribution in [0.3, 0.4) is 0 Å². The average Bonchev–Trinajstić information content (AvgIpc) is 3.28. The van der Waals surface area contributed by atoms with Crippen molar-refractivity contribution in [1.29, 1.82) is 0 Å². The summed E-state index contributed by atoms with van der Waals surface area (Å²) in [5, 5.41) is 34.1. The average molecular weight is 498 g/mol. The normalized spacial score (nSPS) is 15.1. The van der Waals surface area contributed by atoms with Crippen LogP contribution in [-0.2, 0) is 35.2 Å². The molecule has 15 nitrogen and oxygen atoms in total. The zero-order valence-corrected chi connectivity index (χ0v) is 19.2. The third-order valence-electron chi connectivity index (χ3n) is 5.18. The van der Waals surface area contributed by atoms with Gasteiger partial charge in [-0.1, -0.05) is 20.3 Å². The van der Waals surface area contributed by atoms with Crippen molar-refractivity contribution in [2.45, 2.75) is 63.7 Å². The molecule has 3 amide bonds. The second-order valence-electron chi connectivity index (χ2n) is 7.91. The van der Waals surface area contributed by atoms with E-state index in [-0.39, 0.29) is 12.3 Å². The maximum Gasteiger partial charge on any atom is 0.326 e. The summed E-state index contributed by atoms with van der Waals surface area (Å²) in [6.07, 6.45) is 1.15. The van der Waals surface area contributed by atoms with E-state index in [9.17, 15) is 33.9 Å². The Bertz CT molecular complexity index is 920. The molecule has 0 aliphatic rings. The van der Waals surface area contributed by atoms with Crippen molar-refractivity contribution in [3.05, 3.63) is 18.2 Å². The number of carboxylic acids is 3. The van der Waals surface area contributed by atoms with E-state index < -0.39 is 72.6 Å². The number of hydrogen-bond donors (Lipinski definition) is 8. The topological polar surface area (TPSA) is 254 Å². The van der Waals surface area contributed by atoms with E-state index in [0.29, 0.717) is 12.1 Å². The predicted molar refractivity (Wildman–Crippen MR) is 118 cm³/mol. The molecular weight excluding hydrogens is 468 g/mol. The summed E-state index contributed by atoms with van der Waals surface area (Å²) >= 11 is 0. The maximum absolute atomic E-state index is 12.7. The highest BCUT2D eigenvalue weighted by Crippen LogP contribution is 2.07. The predicted octanol–water partition coefficient (Wildman–Crippen LogP) is -2.19. The van der Waals surface area contributed by atoms with Gasteiger partial charge in [-0.15, -0.1) is 0 Å². The van der Waals surface area contributed by atoms with Crippen molar-refractivity contribution < 1.29 is 44.1 Å². The van der Waals surface area contributed by atoms with E-state index in [4.69, 9.17) is 15.9 Å². The van der Waals surface area contributed by atoms with Crippen molar-refractivity contribution in [1.82, 2.24) is 25.9 Å². The molecule has 1 aromatic heterocycles. The lowest BCUT2D eigenvalue weighted by atomic mass is 9.99. The highest BCUT2D eigenvalue weighted by Gasteiger charge is 2.33. The molecule has 1 heterocycles. The van der Waals surface area contributed by atoms with Crippen LogP contribution in [0.25, 0.3) is 0 Å². The number of nitrogens with zero attached hydrogens (tertiary/aromatic N) is 1. The molecule has 0 saturated carbocycles. The number of carboxylic acid groups (broad SMARTS) is 3. The molecule has 5 unspecified atom stereocenters. The lowest BCUT2D eigenvalue weighted by Crippen LogP contribution is -2.58. The second-order valence-corrected chi connectivity index (χ2v) is 7.91. The number of imidazole rings is 1. The Hall–Kier alpha value is -4.01. The number of hydrogen-bond acceptors (Lipinski definition) is 8. The van der Waals surface area contributed by atoms with Gasteiger partial charge in [0.1, 0.15) is 18.1 Å². The summed E-state index contributed by atoms with van der Waals surface area (Å²) in [6.45, 7) is 3.47. The molecule has 35 heavy (non-hydrogen) atoms. The molecule has 1 aromatic rings. The molecule has 0 bridgehead atoms. The number of nitrogens with two attached hydrogens (primary N) is 1. The molecule has 15 heteroatoms. The summed E-state index contributed by atoms with van der Waals surface area (Å²) in [6, 6.07) is -5.96. The van der Waals surface area contributed by atoms with Crippen LogP contribution in [0.5, 0.6) is 0 Å². The highest BCUT2D eigenvalue weighted by atomic mass is 16.4. The third kappa shape index (κ3) is 9.79. The van der Waals surface area contributed by atoms with Gasteiger partial charge in [0.15, 0.2) is 0 Å². The molecule has 0 saturated heterocycles. The number of aliphatic carboxylic acids is 3. The largest absolute Gasteiger partial charge is 0.481 e. The quantitative estimate of drug-likeness (QED) is 0.129. The van der Waals surface area contributed by atoms with Crippen molar-refractivity contribution >= 4 is 35.6 Å². The number of aromatic amines is 1. The van der Waals surface area contributed by atoms with Crippen LogP contribution in [0.2, 0.25) is 0 Å². The number of amides is 3. The van der Waals surface area contributed by atoms with E-state index >= 15 is 0 Å². The molecule has 9 N–H and O–H groups in total. The molecule has 0 radical (unpaired) electrons. The summed E-state index contributed by atoms with van der Waals surface area (Å²) in [5.41, 5.74) is 6.18. The van der Waals surface area contributed by atoms with Crippen molar-refractivity contribution in [3.8, 4) is 0 Å². The van der Waals surface area contributed by atoms with Gasteiger partial charge in [-0.2, -0.15) is 0 Å². The van der Waals surface area contributed by atoms with Crippen LogP contribution in [0.1, 0.15) is 38.8 Å². The third-order valence-corrected chi connectivity index (χ3v) is 5.18. The molecule has 0 aliphatic carbocycles. The van der Waals surface area contributed by atoms with Crippen LogP contribution in [0, 0.1) is 5.92 Å². The number of nitrogens with one attached hydrogen (secondary N) is 4. The van der Waals surface area contributed by atoms with Gasteiger partial charge in [-0.3, -0.25) is 24.0 Å². The summed E-state index contributed by atoms with van der Waals surface area (Å²) < 4.78 is 0. The van der Waals surface area contributed by atoms with Gasteiger partial charge < -0.3 is 42.0 Å². The lowest BCUT2D eigenvalue weighted by Gasteiger charge is -2.25. The van der Waals surface area contributed by atoms with Crippen molar-refractivity contribution in [2.24, 2.45) is 11.7 Å². The van der Waals surface area contributed by atoms with Crippen molar-refractivity contribution in [2.75, 3.05) is 0 Å². The number of aromatic nitrogens is 2. The number of carbonyl (C=O) groups is 6. The van der Waals surface area contributed by atoms with Gasteiger partial charge in [0, 0.05) is 18.3 Å². The highest BCUT2D eigenvalue weighted by molar-refractivity contribution is 5.96. The van der Waals surface area contributed by atoms with Crippen LogP contribution in [-0.4, -0.2) is 85.1 Å². The summed E-state index contributed by atoms with van der Waals surface area (Å²) in [7, 11) is 0. The Balaban J connectivity index is 3.01. The van der Waals surface area contributed by atoms with Gasteiger partial charge >= 0.3 is 17.9 Å². The second kappa shape index (κ2) is 13.6. The Labute approximate surface area is 199 Å². The van der Waals surface area contributed by atoms with E-state index in [1.54, 1.807) is 13.8 Å². The molecule has 0 fully saturated rings. The fourth-order valence-corrected chi connectivity index (χ4v) is 2.91. The SMILES string of the molecule is CCC(C)C(N)C(=O)NC(CC(=O)O)C(=O)NC(CC(=O)O)C(=O)NC(Cc1cnc[nH]1)C(=O)O. The van der Waals surface area contributed by atoms with Gasteiger partial charge in [0.25, 0.3) is 0 Å². The van der Waals surface area contributed by atoms with Crippen LogP contribution >= 0.6 is 0 Å². The number of rotatable bonds is 15. The van der Waals surface area contributed by atoms with Crippen LogP contribution in [0.15, 0.2) is 12.5 Å². The van der Waals surface area contributed by atoms with Gasteiger partial charge in [0.2, 0.25) is 17.7 Å². The lowest BCUT2D eigenvalue weighted by molar-refractivity contribution is -0.145. The fourth-order valence-electron chi connectivity index (χ4n) is 2.91. The van der Waals surface area contributed by atoms with Gasteiger partial charge in [0.05, 0.1) is 25.2 Å². The molecule has 5 atom stereocenters. The first-order chi connectivity index (χ1) is 16.3. The Kier molecular flexibility index (Phi) is 11.3. The van der Waals surface area contributed by atoms with E-state index in [1.165, 1.54) is 12.5 Å². The minimum absolute atomic E-state index is 0.208. The zero-order chi connectivity index (χ0) is 26.7. The van der Waals surface area contributed by atoms with Gasteiger partial charge in [-0.25, -0.2) is 9.78 Å². The standard InChI is InChI=1S/C20H30N6O9/c1-3-9(2)16(21)19(33)25-12(6-15(29)30)17(31)24-11(5-14(27)28)18(32)26-13(20(34)35)4-10-7-22-8-23-10/h7-9,11-13,16H,3-6,21H2,1-2H3,(H,22,23)(H,24,31)(H,25,33)(H,26,32)(H,27,28)(H,29,30)(H,34,35). The molecule has 194 valence electrons. The maximum atomic E-state index is 12.7. The minimum atomic E-state index is -1.76. The summed E-state index contributed by atoms with van der Waals surface area (Å²) in [5.74, 6) is -7.75. The van der Waals surface area contributed by atoms with Crippen LogP contribution < -0.4 is 21.7 Å². The Morgan fingerprint density at radius 1 is 0.914 bits per heavy atom. The van der Waals surface area contributed by atoms with E-state index in [0.717, 1.165) is 0 Å². The first-order valence-electron chi connectivity index (χ1n) is 10.7. The fraction of sp³-hybridized carbons (Fsp3) is 0.550. The number of carbonyl (C=O) groups excluding carboxylic acids is 3. The van der Waals surface area contributed by atoms with Crippen molar-refractivity contribution in [3.63, 3.8) is 0 Å². The van der Waals surface area contributed by atoms with Crippen LogP contribution in [0.4, 0.5) is 0 Å². The molecule has 0 aromatic carbocycles. The summed E-state index contributed by atoms with van der Waals surface area (Å²) in [4.78, 5) is 78.1.